The second-order valence-electron chi connectivity index (χ2n) is 9.69. The van der Waals surface area contributed by atoms with Crippen LogP contribution in [-0.2, 0) is 16.3 Å². The topological polar surface area (TPSA) is 120 Å². The van der Waals surface area contributed by atoms with Crippen LogP contribution < -0.4 is 5.32 Å². The van der Waals surface area contributed by atoms with E-state index in [0.29, 0.717) is 48.0 Å². The van der Waals surface area contributed by atoms with Gasteiger partial charge >= 0.3 is 0 Å². The Bertz CT molecular complexity index is 1600. The van der Waals surface area contributed by atoms with Gasteiger partial charge in [0.15, 0.2) is 11.6 Å². The van der Waals surface area contributed by atoms with Gasteiger partial charge in [-0.25, -0.2) is 8.42 Å². The molecule has 7 nitrogen and oxygen atoms in total. The number of hydrogen-bond donors (Lipinski definition) is 2. The predicted molar refractivity (Wildman–Crippen MR) is 153 cm³/mol. The van der Waals surface area contributed by atoms with Crippen molar-refractivity contribution in [3.8, 4) is 6.07 Å². The Labute approximate surface area is 228 Å². The molecule has 0 aliphatic rings. The first-order valence-corrected chi connectivity index (χ1v) is 14.9. The fourth-order valence-electron chi connectivity index (χ4n) is 4.57. The summed E-state index contributed by atoms with van der Waals surface area (Å²) in [5.74, 6) is -0.0578. The Hall–Kier alpha value is -4.06. The van der Waals surface area contributed by atoms with Crippen LogP contribution in [0, 0.1) is 11.3 Å². The summed E-state index contributed by atoms with van der Waals surface area (Å²) in [4.78, 5) is 29.6. The molecular formula is C31H31N3O4S. The maximum absolute atomic E-state index is 13.8. The van der Waals surface area contributed by atoms with Crippen LogP contribution in [0.2, 0.25) is 0 Å². The second-order valence-corrected chi connectivity index (χ2v) is 12.0. The predicted octanol–water partition coefficient (Wildman–Crippen LogP) is 5.19. The highest BCUT2D eigenvalue weighted by Gasteiger charge is 2.24. The highest BCUT2D eigenvalue weighted by Crippen LogP contribution is 2.26. The number of rotatable bonds is 13. The van der Waals surface area contributed by atoms with Gasteiger partial charge in [0.1, 0.15) is 9.84 Å². The minimum absolute atomic E-state index is 0.0560. The van der Waals surface area contributed by atoms with Gasteiger partial charge in [0.2, 0.25) is 0 Å². The molecule has 0 amide bonds. The van der Waals surface area contributed by atoms with E-state index in [0.717, 1.165) is 16.5 Å². The molecule has 3 aromatic carbocycles. The molecule has 0 saturated heterocycles. The number of benzene rings is 3. The summed E-state index contributed by atoms with van der Waals surface area (Å²) in [5, 5.41) is 13.2. The molecule has 4 aromatic rings. The highest BCUT2D eigenvalue weighted by atomic mass is 32.2. The van der Waals surface area contributed by atoms with Crippen LogP contribution in [0.4, 0.5) is 0 Å². The van der Waals surface area contributed by atoms with E-state index in [1.54, 1.807) is 36.5 Å². The Balaban J connectivity index is 1.48. The van der Waals surface area contributed by atoms with Gasteiger partial charge in [-0.1, -0.05) is 54.6 Å². The van der Waals surface area contributed by atoms with Gasteiger partial charge in [0.05, 0.1) is 17.7 Å². The summed E-state index contributed by atoms with van der Waals surface area (Å²) >= 11 is 0. The normalized spacial score (nSPS) is 12.2. The van der Waals surface area contributed by atoms with Gasteiger partial charge in [-0.2, -0.15) is 5.26 Å². The van der Waals surface area contributed by atoms with Crippen molar-refractivity contribution < 1.29 is 18.0 Å². The third-order valence-electron chi connectivity index (χ3n) is 6.68. The Kier molecular flexibility index (Phi) is 9.07. The minimum Gasteiger partial charge on any atom is -0.360 e. The third-order valence-corrected chi connectivity index (χ3v) is 7.71. The largest absolute Gasteiger partial charge is 0.360 e. The number of ketones is 2. The number of sulfone groups is 1. The molecule has 8 heteroatoms. The van der Waals surface area contributed by atoms with E-state index in [2.05, 4.69) is 16.4 Å². The lowest BCUT2D eigenvalue weighted by molar-refractivity contribution is 0.0943. The number of carbonyl (C=O) groups is 2. The van der Waals surface area contributed by atoms with Gasteiger partial charge in [-0.3, -0.25) is 9.59 Å². The van der Waals surface area contributed by atoms with Crippen molar-refractivity contribution in [1.82, 2.24) is 10.3 Å². The number of fused-ring (bicyclic) bond motifs is 1. The Morgan fingerprint density at radius 2 is 1.74 bits per heavy atom. The number of H-pyrrole nitrogens is 1. The monoisotopic (exact) mass is 541 g/mol. The molecule has 0 fully saturated rings. The van der Waals surface area contributed by atoms with Crippen molar-refractivity contribution in [2.75, 3.05) is 18.6 Å². The van der Waals surface area contributed by atoms with Crippen LogP contribution in [0.15, 0.2) is 79.0 Å². The molecule has 0 aliphatic heterocycles. The van der Waals surface area contributed by atoms with E-state index in [1.807, 2.05) is 42.5 Å². The first kappa shape index (κ1) is 28.0. The highest BCUT2D eigenvalue weighted by molar-refractivity contribution is 7.90. The number of Topliss-reactive ketones (excluding diaryl/α,β-unsaturated/α-hetero) is 2. The van der Waals surface area contributed by atoms with Crippen molar-refractivity contribution in [2.24, 2.45) is 0 Å². The molecule has 0 bridgehead atoms. The number of aromatic amines is 1. The lowest BCUT2D eigenvalue weighted by Gasteiger charge is -2.18. The van der Waals surface area contributed by atoms with Crippen molar-refractivity contribution in [2.45, 2.75) is 31.7 Å². The van der Waals surface area contributed by atoms with Crippen molar-refractivity contribution in [3.05, 3.63) is 107 Å². The second kappa shape index (κ2) is 12.7. The quantitative estimate of drug-likeness (QED) is 0.177. The molecule has 0 aliphatic carbocycles. The summed E-state index contributed by atoms with van der Waals surface area (Å²) in [6.45, 7) is 0.567. The number of nitrogens with zero attached hydrogens (tertiary/aromatic N) is 1. The lowest BCUT2D eigenvalue weighted by atomic mass is 9.96. The molecule has 1 unspecified atom stereocenters. The number of nitriles is 1. The van der Waals surface area contributed by atoms with Crippen LogP contribution in [0.1, 0.15) is 62.7 Å². The van der Waals surface area contributed by atoms with Crippen molar-refractivity contribution >= 4 is 32.3 Å². The molecule has 4 rings (SSSR count). The number of carbonyl (C=O) groups excluding carboxylic acids is 2. The standard InChI is InChI=1S/C31H31N3O4S/c1-39(37,38)18-6-5-9-29(35)25-14-15-26-27(21-34-28(26)19-25)31(36)30(24-7-3-2-4-8-24)33-17-16-22-10-12-23(20-32)13-11-22/h2-4,7-8,10-15,19,21,30,33-34H,5-6,9,16-18H2,1H3. The average Bonchev–Trinajstić information content (AvgIpc) is 3.37. The minimum atomic E-state index is -3.04. The fourth-order valence-corrected chi connectivity index (χ4v) is 5.30. The van der Waals surface area contributed by atoms with Gasteiger partial charge in [0.25, 0.3) is 0 Å². The summed E-state index contributed by atoms with van der Waals surface area (Å²) in [6, 6.07) is 23.8. The summed E-state index contributed by atoms with van der Waals surface area (Å²) in [5.41, 5.74) is 4.31. The summed E-state index contributed by atoms with van der Waals surface area (Å²) in [7, 11) is -3.04. The first-order valence-electron chi connectivity index (χ1n) is 12.9. The van der Waals surface area contributed by atoms with E-state index in [4.69, 9.17) is 5.26 Å². The van der Waals surface area contributed by atoms with Gasteiger partial charge in [-0.15, -0.1) is 0 Å². The van der Waals surface area contributed by atoms with E-state index in [-0.39, 0.29) is 23.7 Å². The number of aromatic nitrogens is 1. The molecule has 39 heavy (non-hydrogen) atoms. The maximum Gasteiger partial charge on any atom is 0.186 e. The Morgan fingerprint density at radius 3 is 2.44 bits per heavy atom. The third kappa shape index (κ3) is 7.50. The first-order chi connectivity index (χ1) is 18.7. The molecular weight excluding hydrogens is 510 g/mol. The Morgan fingerprint density at radius 1 is 1.00 bits per heavy atom. The van der Waals surface area contributed by atoms with Crippen molar-refractivity contribution in [1.29, 1.82) is 5.26 Å². The van der Waals surface area contributed by atoms with E-state index in [9.17, 15) is 18.0 Å². The summed E-state index contributed by atoms with van der Waals surface area (Å²) < 4.78 is 22.6. The van der Waals surface area contributed by atoms with Gasteiger partial charge in [-0.05, 0) is 48.6 Å². The van der Waals surface area contributed by atoms with Gasteiger partial charge < -0.3 is 10.3 Å². The van der Waals surface area contributed by atoms with E-state index < -0.39 is 15.9 Å². The molecule has 200 valence electrons. The van der Waals surface area contributed by atoms with E-state index in [1.165, 1.54) is 6.26 Å². The zero-order valence-corrected chi connectivity index (χ0v) is 22.6. The zero-order valence-electron chi connectivity index (χ0n) is 21.8. The lowest BCUT2D eigenvalue weighted by Crippen LogP contribution is -2.30. The molecule has 0 spiro atoms. The van der Waals surface area contributed by atoms with Crippen molar-refractivity contribution in [3.63, 3.8) is 0 Å². The molecule has 2 N–H and O–H groups in total. The maximum atomic E-state index is 13.8. The number of unbranched alkanes of at least 4 members (excludes halogenated alkanes) is 1. The molecule has 1 heterocycles. The van der Waals surface area contributed by atoms with Crippen LogP contribution in [0.5, 0.6) is 0 Å². The SMILES string of the molecule is CS(=O)(=O)CCCCC(=O)c1ccc2c(C(=O)C(NCCc3ccc(C#N)cc3)c3ccccc3)c[nH]c2c1. The number of hydrogen-bond acceptors (Lipinski definition) is 6. The molecule has 0 saturated carbocycles. The van der Waals surface area contributed by atoms with Crippen LogP contribution in [0.3, 0.4) is 0 Å². The summed E-state index contributed by atoms with van der Waals surface area (Å²) in [6.07, 6.45) is 4.81. The zero-order chi connectivity index (χ0) is 27.8. The van der Waals surface area contributed by atoms with Gasteiger partial charge in [0, 0.05) is 53.2 Å². The van der Waals surface area contributed by atoms with Crippen LogP contribution >= 0.6 is 0 Å². The smallest absolute Gasteiger partial charge is 0.186 e. The molecule has 1 atom stereocenters. The van der Waals surface area contributed by atoms with E-state index >= 15 is 0 Å². The average molecular weight is 542 g/mol. The molecule has 1 aromatic heterocycles. The number of nitrogens with one attached hydrogen (secondary N) is 2. The molecule has 0 radical (unpaired) electrons. The van der Waals surface area contributed by atoms with Crippen LogP contribution in [0.25, 0.3) is 10.9 Å². The fraction of sp³-hybridized carbons (Fsp3) is 0.258. The van der Waals surface area contributed by atoms with Crippen LogP contribution in [-0.4, -0.2) is 43.5 Å².